The molecule has 0 saturated carbocycles. The first-order chi connectivity index (χ1) is 13.0. The van der Waals surface area contributed by atoms with Gasteiger partial charge < -0.3 is 24.8 Å². The molecule has 1 aliphatic heterocycles. The second-order valence-corrected chi connectivity index (χ2v) is 7.47. The Morgan fingerprint density at radius 2 is 1.79 bits per heavy atom. The molecule has 28 heavy (non-hydrogen) atoms. The first-order valence-corrected chi connectivity index (χ1v) is 10.0. The lowest BCUT2D eigenvalue weighted by molar-refractivity contribution is 0.124. The lowest BCUT2D eigenvalue weighted by atomic mass is 10.1. The van der Waals surface area contributed by atoms with Crippen LogP contribution in [0.4, 0.5) is 0 Å². The molecule has 1 aliphatic rings. The van der Waals surface area contributed by atoms with Gasteiger partial charge in [-0.3, -0.25) is 4.99 Å². The number of piperazine rings is 1. The first kappa shape index (κ1) is 25.0. The summed E-state index contributed by atoms with van der Waals surface area (Å²) in [6, 6.07) is 8.20. The van der Waals surface area contributed by atoms with Crippen molar-refractivity contribution in [3.63, 3.8) is 0 Å². The second-order valence-electron chi connectivity index (χ2n) is 7.47. The standard InChI is InChI=1S/C21H37N5O.HI/c1-6-25-11-13-26(14-12-25)16-18(2)15-23-21(22-3)24(4)17-19-7-9-20(27-5)10-8-19;/h7-10,18H,6,11-17H2,1-5H3,(H,22,23);1H. The average Bonchev–Trinajstić information content (AvgIpc) is 2.69. The highest BCUT2D eigenvalue weighted by Crippen LogP contribution is 2.12. The lowest BCUT2D eigenvalue weighted by Crippen LogP contribution is -2.48. The molecular formula is C21H38IN5O. The summed E-state index contributed by atoms with van der Waals surface area (Å²) >= 11 is 0. The van der Waals surface area contributed by atoms with Crippen LogP contribution in [-0.4, -0.2) is 87.7 Å². The Hall–Kier alpha value is -1.06. The monoisotopic (exact) mass is 503 g/mol. The smallest absolute Gasteiger partial charge is 0.193 e. The zero-order valence-corrected chi connectivity index (χ0v) is 20.5. The predicted octanol–water partition coefficient (Wildman–Crippen LogP) is 2.59. The molecular weight excluding hydrogens is 465 g/mol. The summed E-state index contributed by atoms with van der Waals surface area (Å²) < 4.78 is 5.23. The molecule has 160 valence electrons. The molecule has 0 amide bonds. The van der Waals surface area contributed by atoms with E-state index in [9.17, 15) is 0 Å². The number of aliphatic imine (C=N–C) groups is 1. The molecule has 1 aromatic carbocycles. The molecule has 0 radical (unpaired) electrons. The van der Waals surface area contributed by atoms with Crippen LogP contribution in [0.25, 0.3) is 0 Å². The molecule has 1 saturated heterocycles. The fraction of sp³-hybridized carbons (Fsp3) is 0.667. The third-order valence-electron chi connectivity index (χ3n) is 5.24. The minimum atomic E-state index is 0. The number of methoxy groups -OCH3 is 1. The summed E-state index contributed by atoms with van der Waals surface area (Å²) in [6.07, 6.45) is 0. The lowest BCUT2D eigenvalue weighted by Gasteiger charge is -2.35. The van der Waals surface area contributed by atoms with Gasteiger partial charge in [-0.25, -0.2) is 0 Å². The van der Waals surface area contributed by atoms with Crippen LogP contribution < -0.4 is 10.1 Å². The van der Waals surface area contributed by atoms with E-state index in [2.05, 4.69) is 58.0 Å². The van der Waals surface area contributed by atoms with E-state index in [1.54, 1.807) is 7.11 Å². The zero-order valence-electron chi connectivity index (χ0n) is 18.1. The number of nitrogens with one attached hydrogen (secondary N) is 1. The van der Waals surface area contributed by atoms with Gasteiger partial charge in [-0.1, -0.05) is 26.0 Å². The van der Waals surface area contributed by atoms with Crippen LogP contribution >= 0.6 is 24.0 Å². The van der Waals surface area contributed by atoms with Crippen molar-refractivity contribution >= 4 is 29.9 Å². The van der Waals surface area contributed by atoms with Crippen LogP contribution in [0, 0.1) is 5.92 Å². The van der Waals surface area contributed by atoms with E-state index in [1.165, 1.54) is 38.3 Å². The van der Waals surface area contributed by atoms with E-state index in [1.807, 2.05) is 19.2 Å². The van der Waals surface area contributed by atoms with Gasteiger partial charge in [-0.2, -0.15) is 0 Å². The number of likely N-dealkylation sites (N-methyl/N-ethyl adjacent to an activating group) is 1. The largest absolute Gasteiger partial charge is 0.497 e. The number of ether oxygens (including phenoxy) is 1. The minimum absolute atomic E-state index is 0. The van der Waals surface area contributed by atoms with Gasteiger partial charge in [-0.05, 0) is 30.2 Å². The topological polar surface area (TPSA) is 43.3 Å². The van der Waals surface area contributed by atoms with E-state index < -0.39 is 0 Å². The molecule has 1 fully saturated rings. The summed E-state index contributed by atoms with van der Waals surface area (Å²) in [4.78, 5) is 11.7. The van der Waals surface area contributed by atoms with Gasteiger partial charge in [0.1, 0.15) is 5.75 Å². The van der Waals surface area contributed by atoms with Gasteiger partial charge in [0.05, 0.1) is 7.11 Å². The molecule has 0 spiro atoms. The van der Waals surface area contributed by atoms with E-state index >= 15 is 0 Å². The molecule has 1 aromatic rings. The van der Waals surface area contributed by atoms with Crippen molar-refractivity contribution in [2.45, 2.75) is 20.4 Å². The van der Waals surface area contributed by atoms with Gasteiger partial charge in [0.25, 0.3) is 0 Å². The van der Waals surface area contributed by atoms with E-state index in [4.69, 9.17) is 4.74 Å². The zero-order chi connectivity index (χ0) is 19.6. The van der Waals surface area contributed by atoms with Crippen LogP contribution in [0.3, 0.4) is 0 Å². The van der Waals surface area contributed by atoms with Crippen molar-refractivity contribution in [2.24, 2.45) is 10.9 Å². The number of hydrogen-bond donors (Lipinski definition) is 1. The summed E-state index contributed by atoms with van der Waals surface area (Å²) in [5, 5.41) is 3.54. The van der Waals surface area contributed by atoms with Crippen molar-refractivity contribution in [3.8, 4) is 5.75 Å². The maximum atomic E-state index is 5.23. The summed E-state index contributed by atoms with van der Waals surface area (Å²) in [5.74, 6) is 2.41. The van der Waals surface area contributed by atoms with Gasteiger partial charge in [0, 0.05) is 59.9 Å². The predicted molar refractivity (Wildman–Crippen MR) is 129 cm³/mol. The molecule has 7 heteroatoms. The Labute approximate surface area is 188 Å². The Morgan fingerprint density at radius 1 is 1.18 bits per heavy atom. The Bertz CT molecular complexity index is 573. The number of hydrogen-bond acceptors (Lipinski definition) is 4. The number of halogens is 1. The highest BCUT2D eigenvalue weighted by Gasteiger charge is 2.17. The number of nitrogens with zero attached hydrogens (tertiary/aromatic N) is 4. The summed E-state index contributed by atoms with van der Waals surface area (Å²) in [7, 11) is 5.62. The third kappa shape index (κ3) is 8.13. The minimum Gasteiger partial charge on any atom is -0.497 e. The van der Waals surface area contributed by atoms with E-state index in [-0.39, 0.29) is 24.0 Å². The normalized spacial score (nSPS) is 17.0. The van der Waals surface area contributed by atoms with Crippen molar-refractivity contribution in [1.29, 1.82) is 0 Å². The molecule has 0 aliphatic carbocycles. The van der Waals surface area contributed by atoms with Gasteiger partial charge in [-0.15, -0.1) is 24.0 Å². The number of benzene rings is 1. The van der Waals surface area contributed by atoms with Crippen LogP contribution in [0.1, 0.15) is 19.4 Å². The van der Waals surface area contributed by atoms with Gasteiger partial charge >= 0.3 is 0 Å². The highest BCUT2D eigenvalue weighted by atomic mass is 127. The third-order valence-corrected chi connectivity index (χ3v) is 5.24. The molecule has 2 rings (SSSR count). The van der Waals surface area contributed by atoms with Crippen molar-refractivity contribution < 1.29 is 4.74 Å². The van der Waals surface area contributed by atoms with Crippen LogP contribution in [0.15, 0.2) is 29.3 Å². The maximum Gasteiger partial charge on any atom is 0.193 e. The van der Waals surface area contributed by atoms with Crippen molar-refractivity contribution in [1.82, 2.24) is 20.0 Å². The summed E-state index contributed by atoms with van der Waals surface area (Å²) in [6.45, 7) is 13.4. The molecule has 1 atom stereocenters. The Morgan fingerprint density at radius 3 is 2.32 bits per heavy atom. The summed E-state index contributed by atoms with van der Waals surface area (Å²) in [5.41, 5.74) is 1.24. The molecule has 6 nitrogen and oxygen atoms in total. The van der Waals surface area contributed by atoms with Crippen LogP contribution in [-0.2, 0) is 6.54 Å². The molecule has 1 N–H and O–H groups in total. The van der Waals surface area contributed by atoms with Gasteiger partial charge in [0.2, 0.25) is 0 Å². The van der Waals surface area contributed by atoms with Crippen molar-refractivity contribution in [3.05, 3.63) is 29.8 Å². The second kappa shape index (κ2) is 13.2. The SMILES string of the molecule is CCN1CCN(CC(C)CNC(=NC)N(C)Cc2ccc(OC)cc2)CC1.I. The highest BCUT2D eigenvalue weighted by molar-refractivity contribution is 14.0. The van der Waals surface area contributed by atoms with Gasteiger partial charge in [0.15, 0.2) is 5.96 Å². The first-order valence-electron chi connectivity index (χ1n) is 10.0. The fourth-order valence-electron chi connectivity index (χ4n) is 3.52. The Balaban J connectivity index is 0.00000392. The van der Waals surface area contributed by atoms with Crippen LogP contribution in [0.2, 0.25) is 0 Å². The molecule has 1 unspecified atom stereocenters. The molecule has 0 aromatic heterocycles. The molecule has 0 bridgehead atoms. The van der Waals surface area contributed by atoms with E-state index in [0.29, 0.717) is 5.92 Å². The number of rotatable bonds is 8. The van der Waals surface area contributed by atoms with Crippen molar-refractivity contribution in [2.75, 3.05) is 67.0 Å². The van der Waals surface area contributed by atoms with E-state index in [0.717, 1.165) is 31.3 Å². The van der Waals surface area contributed by atoms with Crippen LogP contribution in [0.5, 0.6) is 5.75 Å². The quantitative estimate of drug-likeness (QED) is 0.336. The average molecular weight is 503 g/mol. The number of guanidine groups is 1. The Kier molecular flexibility index (Phi) is 11.8. The maximum absolute atomic E-state index is 5.23. The fourth-order valence-corrected chi connectivity index (χ4v) is 3.52. The molecule has 1 heterocycles.